The number of hydrogen-bond acceptors (Lipinski definition) is 2. The highest BCUT2D eigenvalue weighted by Crippen LogP contribution is 2.24. The maximum absolute atomic E-state index is 5.64. The van der Waals surface area contributed by atoms with E-state index in [2.05, 4.69) is 6.58 Å². The van der Waals surface area contributed by atoms with Gasteiger partial charge in [-0.1, -0.05) is 6.08 Å². The molecular weight excluding hydrogens is 152 g/mol. The highest BCUT2D eigenvalue weighted by Gasteiger charge is 2.31. The molecule has 0 aromatic carbocycles. The van der Waals surface area contributed by atoms with E-state index in [1.54, 1.807) is 0 Å². The predicted octanol–water partition coefficient (Wildman–Crippen LogP) is 2.49. The number of hydrogen-bond donors (Lipinski definition) is 0. The maximum atomic E-state index is 5.64. The van der Waals surface area contributed by atoms with Gasteiger partial charge in [-0.15, -0.1) is 6.58 Å². The van der Waals surface area contributed by atoms with E-state index in [4.69, 9.17) is 9.47 Å². The first-order chi connectivity index (χ1) is 5.64. The average Bonchev–Trinajstić information content (AvgIpc) is 2.31. The first-order valence-corrected chi connectivity index (χ1v) is 4.57. The van der Waals surface area contributed by atoms with Gasteiger partial charge >= 0.3 is 0 Å². The molecule has 0 spiro atoms. The average molecular weight is 170 g/mol. The number of allylic oxidation sites excluding steroid dienone is 1. The van der Waals surface area contributed by atoms with Crippen molar-refractivity contribution in [3.05, 3.63) is 12.7 Å². The second kappa shape index (κ2) is 4.06. The van der Waals surface area contributed by atoms with Crippen molar-refractivity contribution in [2.75, 3.05) is 6.61 Å². The molecule has 1 fully saturated rings. The van der Waals surface area contributed by atoms with Gasteiger partial charge < -0.3 is 9.47 Å². The lowest BCUT2D eigenvalue weighted by Crippen LogP contribution is -2.21. The van der Waals surface area contributed by atoms with E-state index < -0.39 is 0 Å². The van der Waals surface area contributed by atoms with Gasteiger partial charge in [-0.25, -0.2) is 0 Å². The van der Waals surface area contributed by atoms with Crippen molar-refractivity contribution in [3.8, 4) is 0 Å². The third-order valence-electron chi connectivity index (χ3n) is 2.00. The third-order valence-corrected chi connectivity index (χ3v) is 2.00. The van der Waals surface area contributed by atoms with Crippen LogP contribution in [0.2, 0.25) is 0 Å². The molecule has 1 saturated heterocycles. The Morgan fingerprint density at radius 3 is 2.83 bits per heavy atom. The second-order valence-electron chi connectivity index (χ2n) is 3.67. The quantitative estimate of drug-likeness (QED) is 0.476. The van der Waals surface area contributed by atoms with Crippen molar-refractivity contribution in [3.63, 3.8) is 0 Å². The predicted molar refractivity (Wildman–Crippen MR) is 49.0 cm³/mol. The third kappa shape index (κ3) is 2.95. The summed E-state index contributed by atoms with van der Waals surface area (Å²) in [6.45, 7) is 8.34. The van der Waals surface area contributed by atoms with Crippen LogP contribution in [0.4, 0.5) is 0 Å². The van der Waals surface area contributed by atoms with Crippen LogP contribution in [0.1, 0.15) is 33.1 Å². The van der Waals surface area contributed by atoms with E-state index in [0.29, 0.717) is 6.10 Å². The Hall–Kier alpha value is -0.340. The summed E-state index contributed by atoms with van der Waals surface area (Å²) in [5, 5.41) is 0. The van der Waals surface area contributed by atoms with E-state index in [9.17, 15) is 0 Å². The summed E-state index contributed by atoms with van der Waals surface area (Å²) < 4.78 is 11.1. The number of unbranched alkanes of at least 4 members (excludes halogenated alkanes) is 1. The molecule has 0 amide bonds. The normalized spacial score (nSPS) is 27.3. The van der Waals surface area contributed by atoms with Gasteiger partial charge in [-0.3, -0.25) is 0 Å². The second-order valence-corrected chi connectivity index (χ2v) is 3.67. The summed E-state index contributed by atoms with van der Waals surface area (Å²) in [5.74, 6) is -0.362. The van der Waals surface area contributed by atoms with Crippen LogP contribution >= 0.6 is 0 Å². The van der Waals surface area contributed by atoms with Crippen LogP contribution in [-0.4, -0.2) is 18.5 Å². The lowest BCUT2D eigenvalue weighted by atomic mass is 10.1. The zero-order valence-electron chi connectivity index (χ0n) is 8.01. The van der Waals surface area contributed by atoms with Crippen LogP contribution in [0.15, 0.2) is 12.7 Å². The molecule has 0 saturated carbocycles. The molecule has 0 radical (unpaired) electrons. The summed E-state index contributed by atoms with van der Waals surface area (Å²) >= 11 is 0. The van der Waals surface area contributed by atoms with Crippen molar-refractivity contribution in [2.45, 2.75) is 45.0 Å². The maximum Gasteiger partial charge on any atom is 0.163 e. The molecule has 70 valence electrons. The number of rotatable bonds is 4. The summed E-state index contributed by atoms with van der Waals surface area (Å²) in [6, 6.07) is 0. The van der Waals surface area contributed by atoms with Gasteiger partial charge in [-0.2, -0.15) is 0 Å². The van der Waals surface area contributed by atoms with Crippen LogP contribution in [0.25, 0.3) is 0 Å². The highest BCUT2D eigenvalue weighted by molar-refractivity contribution is 4.73. The Morgan fingerprint density at radius 2 is 2.33 bits per heavy atom. The molecule has 0 aromatic rings. The monoisotopic (exact) mass is 170 g/mol. The molecule has 1 unspecified atom stereocenters. The van der Waals surface area contributed by atoms with Crippen LogP contribution in [0, 0.1) is 0 Å². The van der Waals surface area contributed by atoms with E-state index >= 15 is 0 Å². The minimum atomic E-state index is -0.362. The first kappa shape index (κ1) is 9.75. The van der Waals surface area contributed by atoms with Crippen molar-refractivity contribution in [1.82, 2.24) is 0 Å². The van der Waals surface area contributed by atoms with Crippen LogP contribution in [0.5, 0.6) is 0 Å². The van der Waals surface area contributed by atoms with Gasteiger partial charge in [0.2, 0.25) is 0 Å². The summed E-state index contributed by atoms with van der Waals surface area (Å²) in [4.78, 5) is 0. The van der Waals surface area contributed by atoms with Crippen molar-refractivity contribution >= 4 is 0 Å². The zero-order valence-corrected chi connectivity index (χ0v) is 8.01. The van der Waals surface area contributed by atoms with Crippen LogP contribution in [-0.2, 0) is 9.47 Å². The fourth-order valence-corrected chi connectivity index (χ4v) is 1.40. The topological polar surface area (TPSA) is 18.5 Å². The minimum absolute atomic E-state index is 0.292. The summed E-state index contributed by atoms with van der Waals surface area (Å²) in [5.41, 5.74) is 0. The molecule has 1 aliphatic heterocycles. The van der Waals surface area contributed by atoms with Crippen molar-refractivity contribution in [2.24, 2.45) is 0 Å². The lowest BCUT2D eigenvalue weighted by molar-refractivity contribution is -0.139. The lowest BCUT2D eigenvalue weighted by Gasteiger charge is -2.16. The smallest absolute Gasteiger partial charge is 0.163 e. The van der Waals surface area contributed by atoms with Crippen LogP contribution < -0.4 is 0 Å². The molecular formula is C10H18O2. The zero-order chi connectivity index (χ0) is 9.03. The summed E-state index contributed by atoms with van der Waals surface area (Å²) in [7, 11) is 0. The molecule has 2 heteroatoms. The first-order valence-electron chi connectivity index (χ1n) is 4.57. The Bertz CT molecular complexity index is 152. The van der Waals surface area contributed by atoms with Gasteiger partial charge in [0.05, 0.1) is 12.7 Å². The molecule has 0 N–H and O–H groups in total. The van der Waals surface area contributed by atoms with Crippen molar-refractivity contribution in [1.29, 1.82) is 0 Å². The molecule has 0 aliphatic carbocycles. The van der Waals surface area contributed by atoms with E-state index in [1.165, 1.54) is 0 Å². The minimum Gasteiger partial charge on any atom is -0.348 e. The fourth-order valence-electron chi connectivity index (χ4n) is 1.40. The molecule has 1 aliphatic rings. The standard InChI is InChI=1S/C10H18O2/c1-4-5-6-7-9-8-11-10(2,3)12-9/h4,9H,1,5-8H2,2-3H3. The van der Waals surface area contributed by atoms with Gasteiger partial charge in [0.25, 0.3) is 0 Å². The summed E-state index contributed by atoms with van der Waals surface area (Å²) in [6.07, 6.45) is 5.53. The van der Waals surface area contributed by atoms with Gasteiger partial charge in [-0.05, 0) is 33.1 Å². The van der Waals surface area contributed by atoms with Gasteiger partial charge in [0, 0.05) is 0 Å². The molecule has 1 heterocycles. The SMILES string of the molecule is C=CCCCC1COC(C)(C)O1. The van der Waals surface area contributed by atoms with E-state index in [-0.39, 0.29) is 5.79 Å². The van der Waals surface area contributed by atoms with Gasteiger partial charge in [0.1, 0.15) is 0 Å². The Morgan fingerprint density at radius 1 is 1.58 bits per heavy atom. The molecule has 12 heavy (non-hydrogen) atoms. The van der Waals surface area contributed by atoms with Gasteiger partial charge in [0.15, 0.2) is 5.79 Å². The Labute approximate surface area is 74.6 Å². The van der Waals surface area contributed by atoms with E-state index in [1.807, 2.05) is 19.9 Å². The van der Waals surface area contributed by atoms with Crippen LogP contribution in [0.3, 0.4) is 0 Å². The largest absolute Gasteiger partial charge is 0.348 e. The molecule has 0 aromatic heterocycles. The van der Waals surface area contributed by atoms with E-state index in [0.717, 1.165) is 25.9 Å². The van der Waals surface area contributed by atoms with Crippen molar-refractivity contribution < 1.29 is 9.47 Å². The molecule has 2 nitrogen and oxygen atoms in total. The molecule has 0 bridgehead atoms. The highest BCUT2D eigenvalue weighted by atomic mass is 16.7. The Kier molecular flexibility index (Phi) is 3.29. The number of ether oxygens (including phenoxy) is 2. The Balaban J connectivity index is 2.15. The molecule has 1 rings (SSSR count). The molecule has 1 atom stereocenters. The fraction of sp³-hybridized carbons (Fsp3) is 0.800.